The van der Waals surface area contributed by atoms with E-state index in [0.717, 1.165) is 17.7 Å². The van der Waals surface area contributed by atoms with Crippen LogP contribution in [-0.2, 0) is 20.8 Å². The maximum absolute atomic E-state index is 12.3. The summed E-state index contributed by atoms with van der Waals surface area (Å²) in [7, 11) is 0. The minimum atomic E-state index is -0.880. The van der Waals surface area contributed by atoms with E-state index in [1.165, 1.54) is 0 Å². The second-order valence-corrected chi connectivity index (χ2v) is 6.23. The first kappa shape index (κ1) is 18.0. The quantitative estimate of drug-likeness (QED) is 0.799. The Morgan fingerprint density at radius 2 is 2.08 bits per heavy atom. The fourth-order valence-electron chi connectivity index (χ4n) is 2.96. The summed E-state index contributed by atoms with van der Waals surface area (Å²) in [4.78, 5) is 36.9. The van der Waals surface area contributed by atoms with Crippen molar-refractivity contribution in [2.24, 2.45) is 5.92 Å². The number of nitrogens with zero attached hydrogens (tertiary/aromatic N) is 1. The van der Waals surface area contributed by atoms with Crippen molar-refractivity contribution in [2.45, 2.75) is 45.6 Å². The maximum Gasteiger partial charge on any atom is 0.303 e. The fraction of sp³-hybridized carbons (Fsp3) is 0.500. The Balaban J connectivity index is 1.99. The van der Waals surface area contributed by atoms with Crippen molar-refractivity contribution < 1.29 is 19.5 Å². The summed E-state index contributed by atoms with van der Waals surface area (Å²) in [6, 6.07) is 7.51. The molecule has 6 heteroatoms. The first-order chi connectivity index (χ1) is 11.4. The zero-order chi connectivity index (χ0) is 17.7. The zero-order valence-corrected chi connectivity index (χ0v) is 14.1. The van der Waals surface area contributed by atoms with Crippen LogP contribution in [0.3, 0.4) is 0 Å². The van der Waals surface area contributed by atoms with E-state index in [4.69, 9.17) is 5.11 Å². The third-order valence-corrected chi connectivity index (χ3v) is 4.34. The summed E-state index contributed by atoms with van der Waals surface area (Å²) in [6.45, 7) is 4.18. The molecule has 1 saturated heterocycles. The lowest BCUT2D eigenvalue weighted by Crippen LogP contribution is -2.38. The molecule has 0 bridgehead atoms. The summed E-state index contributed by atoms with van der Waals surface area (Å²) in [6.07, 6.45) is 1.41. The number of hydrogen-bond acceptors (Lipinski definition) is 3. The standard InChI is InChI=1S/C18H24N2O4/c1-3-13-6-4-5-7-15(13)20-11-14(10-16(20)21)18(24)19-12(2)8-9-17(22)23/h4-7,12,14H,3,8-11H2,1-2H3,(H,19,24)(H,22,23). The van der Waals surface area contributed by atoms with Crippen LogP contribution in [0, 0.1) is 5.92 Å². The predicted molar refractivity (Wildman–Crippen MR) is 90.8 cm³/mol. The van der Waals surface area contributed by atoms with Crippen molar-refractivity contribution in [3.8, 4) is 0 Å². The fourth-order valence-corrected chi connectivity index (χ4v) is 2.96. The first-order valence-electron chi connectivity index (χ1n) is 8.32. The van der Waals surface area contributed by atoms with Gasteiger partial charge in [0.25, 0.3) is 0 Å². The Hall–Kier alpha value is -2.37. The predicted octanol–water partition coefficient (Wildman–Crippen LogP) is 1.97. The van der Waals surface area contributed by atoms with Crippen molar-refractivity contribution in [3.05, 3.63) is 29.8 Å². The summed E-state index contributed by atoms with van der Waals surface area (Å²) in [5.74, 6) is -1.50. The number of hydrogen-bond donors (Lipinski definition) is 2. The molecular formula is C18H24N2O4. The lowest BCUT2D eigenvalue weighted by atomic mass is 10.1. The van der Waals surface area contributed by atoms with E-state index in [2.05, 4.69) is 5.32 Å². The highest BCUT2D eigenvalue weighted by molar-refractivity contribution is 6.00. The Labute approximate surface area is 141 Å². The van der Waals surface area contributed by atoms with Crippen LogP contribution in [0.15, 0.2) is 24.3 Å². The lowest BCUT2D eigenvalue weighted by Gasteiger charge is -2.20. The van der Waals surface area contributed by atoms with E-state index in [1.807, 2.05) is 31.2 Å². The Morgan fingerprint density at radius 1 is 1.38 bits per heavy atom. The van der Waals surface area contributed by atoms with Gasteiger partial charge in [-0.15, -0.1) is 0 Å². The number of carboxylic acid groups (broad SMARTS) is 1. The van der Waals surface area contributed by atoms with Gasteiger partial charge in [0.1, 0.15) is 0 Å². The summed E-state index contributed by atoms with van der Waals surface area (Å²) in [5.41, 5.74) is 1.96. The number of amides is 2. The van der Waals surface area contributed by atoms with Crippen LogP contribution in [0.5, 0.6) is 0 Å². The molecule has 2 amide bonds. The molecule has 24 heavy (non-hydrogen) atoms. The summed E-state index contributed by atoms with van der Waals surface area (Å²) < 4.78 is 0. The average molecular weight is 332 g/mol. The molecule has 1 fully saturated rings. The zero-order valence-electron chi connectivity index (χ0n) is 14.1. The monoisotopic (exact) mass is 332 g/mol. The largest absolute Gasteiger partial charge is 0.481 e. The van der Waals surface area contributed by atoms with E-state index in [0.29, 0.717) is 13.0 Å². The smallest absolute Gasteiger partial charge is 0.303 e. The molecule has 2 atom stereocenters. The van der Waals surface area contributed by atoms with E-state index in [1.54, 1.807) is 11.8 Å². The number of aryl methyl sites for hydroxylation is 1. The number of nitrogens with one attached hydrogen (secondary N) is 1. The maximum atomic E-state index is 12.3. The molecule has 0 spiro atoms. The molecule has 1 aliphatic heterocycles. The molecule has 0 radical (unpaired) electrons. The van der Waals surface area contributed by atoms with Crippen LogP contribution in [-0.4, -0.2) is 35.5 Å². The van der Waals surface area contributed by atoms with Gasteiger partial charge in [-0.3, -0.25) is 14.4 Å². The number of anilines is 1. The second-order valence-electron chi connectivity index (χ2n) is 6.23. The number of carbonyl (C=O) groups is 3. The SMILES string of the molecule is CCc1ccccc1N1CC(C(=O)NC(C)CCC(=O)O)CC1=O. The molecule has 2 unspecified atom stereocenters. The molecule has 1 aromatic carbocycles. The van der Waals surface area contributed by atoms with Gasteiger partial charge in [0.2, 0.25) is 11.8 Å². The minimum Gasteiger partial charge on any atom is -0.481 e. The third-order valence-electron chi connectivity index (χ3n) is 4.34. The van der Waals surface area contributed by atoms with E-state index >= 15 is 0 Å². The number of rotatable bonds is 7. The molecule has 6 nitrogen and oxygen atoms in total. The number of aliphatic carboxylic acids is 1. The van der Waals surface area contributed by atoms with Crippen molar-refractivity contribution in [2.75, 3.05) is 11.4 Å². The normalized spacial score (nSPS) is 18.5. The van der Waals surface area contributed by atoms with Crippen molar-refractivity contribution in [3.63, 3.8) is 0 Å². The van der Waals surface area contributed by atoms with Gasteiger partial charge in [0.15, 0.2) is 0 Å². The Morgan fingerprint density at radius 3 is 2.75 bits per heavy atom. The molecule has 130 valence electrons. The van der Waals surface area contributed by atoms with Gasteiger partial charge in [-0.1, -0.05) is 25.1 Å². The first-order valence-corrected chi connectivity index (χ1v) is 8.32. The van der Waals surface area contributed by atoms with E-state index in [-0.39, 0.29) is 30.7 Å². The molecule has 2 rings (SSSR count). The average Bonchev–Trinajstić information content (AvgIpc) is 2.94. The highest BCUT2D eigenvalue weighted by Crippen LogP contribution is 2.28. The third kappa shape index (κ3) is 4.34. The van der Waals surface area contributed by atoms with Gasteiger partial charge in [0.05, 0.1) is 5.92 Å². The number of carbonyl (C=O) groups excluding carboxylic acids is 2. The van der Waals surface area contributed by atoms with E-state index in [9.17, 15) is 14.4 Å². The summed E-state index contributed by atoms with van der Waals surface area (Å²) in [5, 5.41) is 11.5. The lowest BCUT2D eigenvalue weighted by molar-refractivity contribution is -0.137. The molecule has 0 aliphatic carbocycles. The van der Waals surface area contributed by atoms with Crippen LogP contribution < -0.4 is 10.2 Å². The Kier molecular flexibility index (Phi) is 5.95. The van der Waals surface area contributed by atoms with Crippen molar-refractivity contribution in [1.82, 2.24) is 5.32 Å². The van der Waals surface area contributed by atoms with Gasteiger partial charge in [-0.2, -0.15) is 0 Å². The van der Waals surface area contributed by atoms with Gasteiger partial charge in [-0.05, 0) is 31.4 Å². The van der Waals surface area contributed by atoms with Gasteiger partial charge in [0, 0.05) is 31.1 Å². The molecular weight excluding hydrogens is 308 g/mol. The molecule has 1 aromatic rings. The molecule has 0 saturated carbocycles. The molecule has 0 aromatic heterocycles. The number of benzene rings is 1. The van der Waals surface area contributed by atoms with Crippen LogP contribution in [0.1, 0.15) is 38.7 Å². The van der Waals surface area contributed by atoms with Gasteiger partial charge >= 0.3 is 5.97 Å². The van der Waals surface area contributed by atoms with Crippen molar-refractivity contribution >= 4 is 23.5 Å². The molecule has 1 heterocycles. The highest BCUT2D eigenvalue weighted by Gasteiger charge is 2.36. The van der Waals surface area contributed by atoms with Crippen LogP contribution in [0.25, 0.3) is 0 Å². The number of carboxylic acids is 1. The molecule has 2 N–H and O–H groups in total. The van der Waals surface area contributed by atoms with Crippen LogP contribution in [0.4, 0.5) is 5.69 Å². The number of para-hydroxylation sites is 1. The topological polar surface area (TPSA) is 86.7 Å². The molecule has 1 aliphatic rings. The summed E-state index contributed by atoms with van der Waals surface area (Å²) >= 11 is 0. The highest BCUT2D eigenvalue weighted by atomic mass is 16.4. The second kappa shape index (κ2) is 7.95. The van der Waals surface area contributed by atoms with Crippen molar-refractivity contribution in [1.29, 1.82) is 0 Å². The van der Waals surface area contributed by atoms with Crippen LogP contribution >= 0.6 is 0 Å². The minimum absolute atomic E-state index is 0.0149. The van der Waals surface area contributed by atoms with Gasteiger partial charge < -0.3 is 15.3 Å². The Bertz CT molecular complexity index is 629. The van der Waals surface area contributed by atoms with Gasteiger partial charge in [-0.25, -0.2) is 0 Å². The van der Waals surface area contributed by atoms with Crippen LogP contribution in [0.2, 0.25) is 0 Å². The van der Waals surface area contributed by atoms with E-state index < -0.39 is 11.9 Å².